The molecule has 0 aliphatic heterocycles. The van der Waals surface area contributed by atoms with E-state index in [-0.39, 0.29) is 0 Å². The standard InChI is InChI=1S/C16H24N2/c1-10-3-6-14(11(2)7-10)16(18-17)15-9-12-4-5-13(15)8-12/h3,6-7,12-13,15-16,18H,4-5,8-9,17H2,1-2H3. The third kappa shape index (κ3) is 1.98. The number of nitrogens with one attached hydrogen (secondary N) is 1. The van der Waals surface area contributed by atoms with Crippen molar-refractivity contribution < 1.29 is 0 Å². The summed E-state index contributed by atoms with van der Waals surface area (Å²) in [6.45, 7) is 4.36. The van der Waals surface area contributed by atoms with Gasteiger partial charge in [-0.3, -0.25) is 11.3 Å². The Morgan fingerprint density at radius 3 is 2.61 bits per heavy atom. The maximum atomic E-state index is 5.87. The average molecular weight is 244 g/mol. The molecule has 0 aromatic heterocycles. The van der Waals surface area contributed by atoms with Gasteiger partial charge in [0.2, 0.25) is 0 Å². The summed E-state index contributed by atoms with van der Waals surface area (Å²) in [7, 11) is 0. The first-order chi connectivity index (χ1) is 8.69. The Kier molecular flexibility index (Phi) is 3.16. The number of hydrogen-bond donors (Lipinski definition) is 2. The van der Waals surface area contributed by atoms with Crippen molar-refractivity contribution in [2.24, 2.45) is 23.6 Å². The Balaban J connectivity index is 1.88. The molecule has 0 spiro atoms. The van der Waals surface area contributed by atoms with Gasteiger partial charge in [0.1, 0.15) is 0 Å². The van der Waals surface area contributed by atoms with Crippen molar-refractivity contribution in [3.8, 4) is 0 Å². The molecule has 18 heavy (non-hydrogen) atoms. The number of hydrazine groups is 1. The molecule has 0 heterocycles. The van der Waals surface area contributed by atoms with Crippen LogP contribution in [0.2, 0.25) is 0 Å². The highest BCUT2D eigenvalue weighted by Gasteiger charge is 2.43. The highest BCUT2D eigenvalue weighted by Crippen LogP contribution is 2.52. The van der Waals surface area contributed by atoms with Crippen molar-refractivity contribution in [2.75, 3.05) is 0 Å². The lowest BCUT2D eigenvalue weighted by atomic mass is 9.79. The molecule has 1 aromatic carbocycles. The van der Waals surface area contributed by atoms with Crippen LogP contribution in [0.4, 0.5) is 0 Å². The van der Waals surface area contributed by atoms with Crippen molar-refractivity contribution in [2.45, 2.75) is 45.6 Å². The minimum Gasteiger partial charge on any atom is -0.271 e. The van der Waals surface area contributed by atoms with Gasteiger partial charge in [-0.1, -0.05) is 30.2 Å². The van der Waals surface area contributed by atoms with E-state index in [9.17, 15) is 0 Å². The van der Waals surface area contributed by atoms with Gasteiger partial charge < -0.3 is 0 Å². The first-order valence-corrected chi connectivity index (χ1v) is 7.22. The van der Waals surface area contributed by atoms with E-state index in [1.807, 2.05) is 0 Å². The van der Waals surface area contributed by atoms with Crippen molar-refractivity contribution in [3.63, 3.8) is 0 Å². The SMILES string of the molecule is Cc1ccc(C(NN)C2CC3CCC2C3)c(C)c1. The summed E-state index contributed by atoms with van der Waals surface area (Å²) >= 11 is 0. The van der Waals surface area contributed by atoms with Gasteiger partial charge in [0.05, 0.1) is 0 Å². The van der Waals surface area contributed by atoms with E-state index in [0.717, 1.165) is 17.8 Å². The Labute approximate surface area is 110 Å². The highest BCUT2D eigenvalue weighted by atomic mass is 15.2. The van der Waals surface area contributed by atoms with Gasteiger partial charge >= 0.3 is 0 Å². The predicted octanol–water partition coefficient (Wildman–Crippen LogP) is 3.24. The lowest BCUT2D eigenvalue weighted by Crippen LogP contribution is -2.36. The summed E-state index contributed by atoms with van der Waals surface area (Å²) in [6, 6.07) is 7.09. The minimum absolute atomic E-state index is 0.348. The molecule has 1 aromatic rings. The molecule has 2 aliphatic carbocycles. The molecule has 2 bridgehead atoms. The van der Waals surface area contributed by atoms with Crippen molar-refractivity contribution in [1.82, 2.24) is 5.43 Å². The monoisotopic (exact) mass is 244 g/mol. The zero-order chi connectivity index (χ0) is 12.7. The summed E-state index contributed by atoms with van der Waals surface area (Å²) in [6.07, 6.45) is 5.67. The van der Waals surface area contributed by atoms with Crippen LogP contribution in [-0.2, 0) is 0 Å². The number of fused-ring (bicyclic) bond motifs is 2. The molecule has 2 heteroatoms. The van der Waals surface area contributed by atoms with Gasteiger partial charge in [0.15, 0.2) is 0 Å². The lowest BCUT2D eigenvalue weighted by Gasteiger charge is -2.31. The van der Waals surface area contributed by atoms with Crippen LogP contribution in [0.15, 0.2) is 18.2 Å². The first-order valence-electron chi connectivity index (χ1n) is 7.22. The molecule has 2 fully saturated rings. The minimum atomic E-state index is 0.348. The summed E-state index contributed by atoms with van der Waals surface area (Å²) in [5, 5.41) is 0. The molecular formula is C16H24N2. The Morgan fingerprint density at radius 2 is 2.06 bits per heavy atom. The largest absolute Gasteiger partial charge is 0.271 e. The summed E-state index contributed by atoms with van der Waals surface area (Å²) in [5.41, 5.74) is 7.22. The highest BCUT2D eigenvalue weighted by molar-refractivity contribution is 5.33. The number of hydrogen-bond acceptors (Lipinski definition) is 2. The Bertz CT molecular complexity index is 441. The van der Waals surface area contributed by atoms with Crippen molar-refractivity contribution >= 4 is 0 Å². The second-order valence-corrected chi connectivity index (χ2v) is 6.34. The molecule has 2 nitrogen and oxygen atoms in total. The zero-order valence-electron chi connectivity index (χ0n) is 11.4. The van der Waals surface area contributed by atoms with Gasteiger partial charge in [0.25, 0.3) is 0 Å². The van der Waals surface area contributed by atoms with Crippen LogP contribution >= 0.6 is 0 Å². The van der Waals surface area contributed by atoms with Gasteiger partial charge in [-0.2, -0.15) is 0 Å². The Hall–Kier alpha value is -0.860. The molecule has 3 N–H and O–H groups in total. The molecule has 3 rings (SSSR count). The lowest BCUT2D eigenvalue weighted by molar-refractivity contribution is 0.251. The van der Waals surface area contributed by atoms with Crippen LogP contribution in [-0.4, -0.2) is 0 Å². The maximum Gasteiger partial charge on any atom is 0.0493 e. The van der Waals surface area contributed by atoms with Crippen molar-refractivity contribution in [1.29, 1.82) is 0 Å². The fourth-order valence-corrected chi connectivity index (χ4v) is 4.32. The second kappa shape index (κ2) is 4.67. The number of benzene rings is 1. The first kappa shape index (κ1) is 12.2. The molecule has 2 aliphatic rings. The fraction of sp³-hybridized carbons (Fsp3) is 0.625. The van der Waals surface area contributed by atoms with Crippen LogP contribution < -0.4 is 11.3 Å². The molecule has 0 saturated heterocycles. The molecule has 0 amide bonds. The molecular weight excluding hydrogens is 220 g/mol. The molecule has 0 radical (unpaired) electrons. The molecule has 2 saturated carbocycles. The van der Waals surface area contributed by atoms with Gasteiger partial charge in [0, 0.05) is 6.04 Å². The second-order valence-electron chi connectivity index (χ2n) is 6.34. The third-order valence-corrected chi connectivity index (χ3v) is 5.16. The number of aryl methyl sites for hydroxylation is 2. The van der Waals surface area contributed by atoms with Crippen LogP contribution in [0.25, 0.3) is 0 Å². The quantitative estimate of drug-likeness (QED) is 0.633. The topological polar surface area (TPSA) is 38.0 Å². The number of nitrogens with two attached hydrogens (primary N) is 1. The Morgan fingerprint density at radius 1 is 1.22 bits per heavy atom. The molecule has 98 valence electrons. The van der Waals surface area contributed by atoms with Crippen LogP contribution in [0.3, 0.4) is 0 Å². The van der Waals surface area contributed by atoms with E-state index in [0.29, 0.717) is 6.04 Å². The molecule has 4 unspecified atom stereocenters. The van der Waals surface area contributed by atoms with Crippen LogP contribution in [0.5, 0.6) is 0 Å². The third-order valence-electron chi connectivity index (χ3n) is 5.16. The van der Waals surface area contributed by atoms with Gasteiger partial charge in [-0.25, -0.2) is 0 Å². The van der Waals surface area contributed by atoms with Crippen LogP contribution in [0.1, 0.15) is 48.4 Å². The van der Waals surface area contributed by atoms with E-state index < -0.39 is 0 Å². The summed E-state index contributed by atoms with van der Waals surface area (Å²) < 4.78 is 0. The maximum absolute atomic E-state index is 5.87. The van der Waals surface area contributed by atoms with E-state index >= 15 is 0 Å². The van der Waals surface area contributed by atoms with E-state index in [1.165, 1.54) is 42.4 Å². The number of rotatable bonds is 3. The smallest absolute Gasteiger partial charge is 0.0493 e. The van der Waals surface area contributed by atoms with E-state index in [2.05, 4.69) is 37.5 Å². The van der Waals surface area contributed by atoms with Gasteiger partial charge in [-0.15, -0.1) is 0 Å². The van der Waals surface area contributed by atoms with E-state index in [4.69, 9.17) is 5.84 Å². The fourth-order valence-electron chi connectivity index (χ4n) is 4.32. The summed E-state index contributed by atoms with van der Waals surface area (Å²) in [5.74, 6) is 8.49. The average Bonchev–Trinajstić information content (AvgIpc) is 2.95. The predicted molar refractivity (Wildman–Crippen MR) is 74.9 cm³/mol. The van der Waals surface area contributed by atoms with Gasteiger partial charge in [-0.05, 0) is 62.0 Å². The zero-order valence-corrected chi connectivity index (χ0v) is 11.4. The van der Waals surface area contributed by atoms with Crippen molar-refractivity contribution in [3.05, 3.63) is 34.9 Å². The van der Waals surface area contributed by atoms with E-state index in [1.54, 1.807) is 0 Å². The molecule has 4 atom stereocenters. The normalized spacial score (nSPS) is 31.8. The van der Waals surface area contributed by atoms with Crippen LogP contribution in [0, 0.1) is 31.6 Å². The summed E-state index contributed by atoms with van der Waals surface area (Å²) in [4.78, 5) is 0.